The second-order valence-corrected chi connectivity index (χ2v) is 7.83. The van der Waals surface area contributed by atoms with Crippen LogP contribution in [0, 0.1) is 11.8 Å². The zero-order valence-corrected chi connectivity index (χ0v) is 13.5. The van der Waals surface area contributed by atoms with Gasteiger partial charge in [-0.1, -0.05) is 24.6 Å². The number of fused-ring (bicyclic) bond motifs is 4. The van der Waals surface area contributed by atoms with Gasteiger partial charge in [-0.15, -0.1) is 0 Å². The molecule has 2 bridgehead atoms. The lowest BCUT2D eigenvalue weighted by atomic mass is 9.81. The van der Waals surface area contributed by atoms with E-state index in [1.54, 1.807) is 0 Å². The fraction of sp³-hybridized carbons (Fsp3) is 0.632. The van der Waals surface area contributed by atoms with Crippen molar-refractivity contribution in [2.75, 3.05) is 18.4 Å². The molecule has 0 radical (unpaired) electrons. The normalized spacial score (nSPS) is 35.0. The van der Waals surface area contributed by atoms with Gasteiger partial charge < -0.3 is 4.74 Å². The van der Waals surface area contributed by atoms with E-state index in [1.165, 1.54) is 25.7 Å². The lowest BCUT2D eigenvalue weighted by Crippen LogP contribution is -2.51. The highest BCUT2D eigenvalue weighted by Crippen LogP contribution is 2.49. The average Bonchev–Trinajstić information content (AvgIpc) is 3.19. The van der Waals surface area contributed by atoms with Crippen LogP contribution in [0.4, 0.5) is 10.5 Å². The van der Waals surface area contributed by atoms with Crippen molar-refractivity contribution in [3.8, 4) is 0 Å². The zero-order valence-electron chi connectivity index (χ0n) is 13.5. The van der Waals surface area contributed by atoms with Crippen LogP contribution in [0.5, 0.6) is 0 Å². The summed E-state index contributed by atoms with van der Waals surface area (Å²) in [6, 6.07) is 8.91. The Morgan fingerprint density at radius 3 is 2.70 bits per heavy atom. The second-order valence-electron chi connectivity index (χ2n) is 7.83. The van der Waals surface area contributed by atoms with Gasteiger partial charge in [-0.2, -0.15) is 0 Å². The molecule has 1 aromatic carbocycles. The Bertz CT molecular complexity index is 636. The number of hydrogen-bond acceptors (Lipinski definition) is 3. The number of benzene rings is 1. The number of ether oxygens (including phenoxy) is 1. The number of nitrogens with one attached hydrogen (secondary N) is 1. The van der Waals surface area contributed by atoms with Crippen LogP contribution in [0.2, 0.25) is 0 Å². The molecule has 23 heavy (non-hydrogen) atoms. The predicted octanol–water partition coefficient (Wildman–Crippen LogP) is 3.73. The summed E-state index contributed by atoms with van der Waals surface area (Å²) in [6.07, 6.45) is 7.28. The Hall–Kier alpha value is -1.55. The minimum atomic E-state index is -0.410. The van der Waals surface area contributed by atoms with E-state index in [1.807, 2.05) is 18.2 Å². The zero-order chi connectivity index (χ0) is 15.4. The van der Waals surface area contributed by atoms with Gasteiger partial charge in [0, 0.05) is 37.5 Å². The minimum absolute atomic E-state index is 0.294. The highest BCUT2D eigenvalue weighted by atomic mass is 16.6. The molecule has 1 N–H and O–H groups in total. The lowest BCUT2D eigenvalue weighted by Gasteiger charge is -2.46. The van der Waals surface area contributed by atoms with E-state index in [2.05, 4.69) is 16.3 Å². The average molecular weight is 312 g/mol. The molecular formula is C19H24N2O2. The molecule has 2 aliphatic heterocycles. The quantitative estimate of drug-likeness (QED) is 0.859. The van der Waals surface area contributed by atoms with Gasteiger partial charge in [0.05, 0.1) is 5.69 Å². The maximum absolute atomic E-state index is 12.0. The highest BCUT2D eigenvalue weighted by molar-refractivity contribution is 5.88. The van der Waals surface area contributed by atoms with E-state index in [9.17, 15) is 4.79 Å². The minimum Gasteiger partial charge on any atom is -0.438 e. The molecule has 3 atom stereocenters. The molecule has 4 heteroatoms. The van der Waals surface area contributed by atoms with Crippen LogP contribution in [0.1, 0.15) is 44.1 Å². The summed E-state index contributed by atoms with van der Waals surface area (Å²) in [5.74, 6) is 1.91. The molecule has 2 heterocycles. The lowest BCUT2D eigenvalue weighted by molar-refractivity contribution is -0.0503. The van der Waals surface area contributed by atoms with Gasteiger partial charge >= 0.3 is 6.09 Å². The maximum Gasteiger partial charge on any atom is 0.412 e. The van der Waals surface area contributed by atoms with Crippen LogP contribution in [-0.4, -0.2) is 30.1 Å². The van der Waals surface area contributed by atoms with Crippen LogP contribution >= 0.6 is 0 Å². The second kappa shape index (κ2) is 4.97. The molecule has 3 fully saturated rings. The number of para-hydroxylation sites is 1. The Morgan fingerprint density at radius 1 is 1.13 bits per heavy atom. The third-order valence-corrected chi connectivity index (χ3v) is 6.72. The molecular weight excluding hydrogens is 288 g/mol. The number of amides is 1. The van der Waals surface area contributed by atoms with E-state index >= 15 is 0 Å². The summed E-state index contributed by atoms with van der Waals surface area (Å²) >= 11 is 0. The Balaban J connectivity index is 1.37. The summed E-state index contributed by atoms with van der Waals surface area (Å²) in [4.78, 5) is 14.7. The summed E-state index contributed by atoms with van der Waals surface area (Å²) in [5.41, 5.74) is 1.68. The SMILES string of the molecule is O=C1Nc2ccccc2C2(CCN([C@@H]3C[C@@H]4CC[C@H]3C4)CC2)O1. The van der Waals surface area contributed by atoms with Gasteiger partial charge in [0.25, 0.3) is 0 Å². The van der Waals surface area contributed by atoms with Crippen LogP contribution in [0.3, 0.4) is 0 Å². The number of nitrogens with zero attached hydrogens (tertiary/aromatic N) is 1. The highest BCUT2D eigenvalue weighted by Gasteiger charge is 2.48. The molecule has 2 aliphatic carbocycles. The molecule has 4 nitrogen and oxygen atoms in total. The van der Waals surface area contributed by atoms with Crippen molar-refractivity contribution in [1.82, 2.24) is 4.90 Å². The molecule has 1 aromatic rings. The molecule has 5 rings (SSSR count). The first kappa shape index (κ1) is 13.8. The van der Waals surface area contributed by atoms with Gasteiger partial charge in [0.15, 0.2) is 0 Å². The van der Waals surface area contributed by atoms with Crippen LogP contribution < -0.4 is 5.32 Å². The Kier molecular flexibility index (Phi) is 2.99. The van der Waals surface area contributed by atoms with Crippen LogP contribution in [-0.2, 0) is 10.3 Å². The molecule has 1 saturated heterocycles. The molecule has 0 unspecified atom stereocenters. The molecule has 0 aromatic heterocycles. The van der Waals surface area contributed by atoms with E-state index in [0.717, 1.165) is 55.1 Å². The molecule has 1 amide bonds. The molecule has 1 spiro atoms. The van der Waals surface area contributed by atoms with Gasteiger partial charge in [-0.25, -0.2) is 4.79 Å². The smallest absolute Gasteiger partial charge is 0.412 e. The Morgan fingerprint density at radius 2 is 1.96 bits per heavy atom. The van der Waals surface area contributed by atoms with Gasteiger partial charge in [-0.05, 0) is 37.2 Å². The first-order valence-electron chi connectivity index (χ1n) is 9.07. The van der Waals surface area contributed by atoms with E-state index in [-0.39, 0.29) is 6.09 Å². The van der Waals surface area contributed by atoms with Crippen molar-refractivity contribution in [2.45, 2.75) is 50.2 Å². The number of rotatable bonds is 1. The van der Waals surface area contributed by atoms with E-state index in [0.29, 0.717) is 0 Å². The van der Waals surface area contributed by atoms with Gasteiger partial charge in [0.2, 0.25) is 0 Å². The fourth-order valence-electron chi connectivity index (χ4n) is 5.60. The van der Waals surface area contributed by atoms with Crippen molar-refractivity contribution in [3.05, 3.63) is 29.8 Å². The number of anilines is 1. The molecule has 4 aliphatic rings. The number of carbonyl (C=O) groups is 1. The number of carbonyl (C=O) groups excluding carboxylic acids is 1. The Labute approximate surface area is 137 Å². The van der Waals surface area contributed by atoms with Crippen molar-refractivity contribution in [1.29, 1.82) is 0 Å². The summed E-state index contributed by atoms with van der Waals surface area (Å²) in [5, 5.41) is 2.84. The van der Waals surface area contributed by atoms with Gasteiger partial charge in [-0.3, -0.25) is 10.2 Å². The van der Waals surface area contributed by atoms with Crippen LogP contribution in [0.25, 0.3) is 0 Å². The number of hydrogen-bond donors (Lipinski definition) is 1. The summed E-state index contributed by atoms with van der Waals surface area (Å²) in [7, 11) is 0. The molecule has 122 valence electrons. The molecule has 2 saturated carbocycles. The number of piperidine rings is 1. The first-order chi connectivity index (χ1) is 11.2. The largest absolute Gasteiger partial charge is 0.438 e. The van der Waals surface area contributed by atoms with Crippen molar-refractivity contribution < 1.29 is 9.53 Å². The summed E-state index contributed by atoms with van der Waals surface area (Å²) in [6.45, 7) is 2.10. The first-order valence-corrected chi connectivity index (χ1v) is 9.07. The van der Waals surface area contributed by atoms with Crippen molar-refractivity contribution >= 4 is 11.8 Å². The fourth-order valence-corrected chi connectivity index (χ4v) is 5.60. The monoisotopic (exact) mass is 312 g/mol. The van der Waals surface area contributed by atoms with Crippen molar-refractivity contribution in [2.24, 2.45) is 11.8 Å². The third-order valence-electron chi connectivity index (χ3n) is 6.72. The van der Waals surface area contributed by atoms with Crippen molar-refractivity contribution in [3.63, 3.8) is 0 Å². The maximum atomic E-state index is 12.0. The van der Waals surface area contributed by atoms with Gasteiger partial charge in [0.1, 0.15) is 5.60 Å². The standard InChI is InChI=1S/C19H24N2O2/c22-18-20-16-4-2-1-3-15(16)19(23-18)7-9-21(10-8-19)17-12-13-5-6-14(17)11-13/h1-4,13-14,17H,5-12H2,(H,20,22)/t13-,14+,17-/m1/s1. The predicted molar refractivity (Wildman–Crippen MR) is 88.3 cm³/mol. The third kappa shape index (κ3) is 2.11. The number of likely N-dealkylation sites (tertiary alicyclic amines) is 1. The summed E-state index contributed by atoms with van der Waals surface area (Å²) < 4.78 is 5.84. The van der Waals surface area contributed by atoms with Crippen LogP contribution in [0.15, 0.2) is 24.3 Å². The van der Waals surface area contributed by atoms with E-state index < -0.39 is 5.60 Å². The van der Waals surface area contributed by atoms with E-state index in [4.69, 9.17) is 4.74 Å². The topological polar surface area (TPSA) is 41.6 Å².